The third kappa shape index (κ3) is 4.75. The lowest BCUT2D eigenvalue weighted by atomic mass is 10.2. The number of carboxylic acids is 1. The van der Waals surface area contributed by atoms with Gasteiger partial charge in [0.25, 0.3) is 0 Å². The minimum atomic E-state index is -1.03. The Morgan fingerprint density at radius 1 is 1.24 bits per heavy atom. The minimum Gasteiger partial charge on any atom is -0.492 e. The van der Waals surface area contributed by atoms with Crippen molar-refractivity contribution in [2.45, 2.75) is 4.90 Å². The molecule has 0 amide bonds. The average molecular weight is 371 g/mol. The van der Waals surface area contributed by atoms with Gasteiger partial charge < -0.3 is 9.84 Å². The normalized spacial score (nSPS) is 10.4. The highest BCUT2D eigenvalue weighted by Gasteiger charge is 2.11. The van der Waals surface area contributed by atoms with Crippen LogP contribution in [-0.2, 0) is 0 Å². The first-order valence-corrected chi connectivity index (χ1v) is 7.88. The summed E-state index contributed by atoms with van der Waals surface area (Å²) in [7, 11) is 0. The van der Waals surface area contributed by atoms with Crippen LogP contribution in [0.25, 0.3) is 0 Å². The predicted octanol–water partition coefficient (Wildman–Crippen LogP) is 4.46. The number of hydrogen-bond donors (Lipinski definition) is 1. The molecule has 2 aromatic rings. The summed E-state index contributed by atoms with van der Waals surface area (Å²) in [5.74, 6) is -0.319. The SMILES string of the molecule is O=C(O)c1cc(Br)ccc1OCCSc1ccc(F)cc1. The standard InChI is InChI=1S/C15H12BrFO3S/c16-10-1-6-14(13(9-10)15(18)19)20-7-8-21-12-4-2-11(17)3-5-12/h1-6,9H,7-8H2,(H,18,19). The van der Waals surface area contributed by atoms with Crippen LogP contribution in [0.5, 0.6) is 5.75 Å². The molecule has 0 fully saturated rings. The Kier molecular flexibility index (Phi) is 5.64. The Morgan fingerprint density at radius 2 is 1.95 bits per heavy atom. The molecule has 0 saturated heterocycles. The summed E-state index contributed by atoms with van der Waals surface area (Å²) in [5, 5.41) is 9.11. The smallest absolute Gasteiger partial charge is 0.339 e. The van der Waals surface area contributed by atoms with E-state index in [-0.39, 0.29) is 11.4 Å². The van der Waals surface area contributed by atoms with Gasteiger partial charge in [0, 0.05) is 15.1 Å². The average Bonchev–Trinajstić information content (AvgIpc) is 2.46. The van der Waals surface area contributed by atoms with Crippen molar-refractivity contribution >= 4 is 33.7 Å². The van der Waals surface area contributed by atoms with Gasteiger partial charge in [-0.3, -0.25) is 0 Å². The van der Waals surface area contributed by atoms with Crippen molar-refractivity contribution in [2.75, 3.05) is 12.4 Å². The van der Waals surface area contributed by atoms with E-state index >= 15 is 0 Å². The number of hydrogen-bond acceptors (Lipinski definition) is 3. The quantitative estimate of drug-likeness (QED) is 0.602. The molecule has 6 heteroatoms. The molecular formula is C15H12BrFO3S. The molecular weight excluding hydrogens is 359 g/mol. The molecule has 0 saturated carbocycles. The highest BCUT2D eigenvalue weighted by atomic mass is 79.9. The largest absolute Gasteiger partial charge is 0.492 e. The van der Waals surface area contributed by atoms with E-state index in [1.54, 1.807) is 24.3 Å². The predicted molar refractivity (Wildman–Crippen MR) is 83.7 cm³/mol. The third-order valence-electron chi connectivity index (χ3n) is 2.60. The van der Waals surface area contributed by atoms with Gasteiger partial charge in [-0.1, -0.05) is 15.9 Å². The number of carboxylic acid groups (broad SMARTS) is 1. The maximum atomic E-state index is 12.8. The molecule has 1 N–H and O–H groups in total. The lowest BCUT2D eigenvalue weighted by molar-refractivity contribution is 0.0692. The van der Waals surface area contributed by atoms with Gasteiger partial charge in [0.05, 0.1) is 6.61 Å². The minimum absolute atomic E-state index is 0.121. The highest BCUT2D eigenvalue weighted by molar-refractivity contribution is 9.10. The Morgan fingerprint density at radius 3 is 2.62 bits per heavy atom. The van der Waals surface area contributed by atoms with Gasteiger partial charge in [-0.2, -0.15) is 0 Å². The second-order valence-corrected chi connectivity index (χ2v) is 6.18. The topological polar surface area (TPSA) is 46.5 Å². The van der Waals surface area contributed by atoms with E-state index in [4.69, 9.17) is 9.84 Å². The molecule has 0 aliphatic rings. The fraction of sp³-hybridized carbons (Fsp3) is 0.133. The lowest BCUT2D eigenvalue weighted by Gasteiger charge is -2.09. The molecule has 0 aromatic heterocycles. The first-order chi connectivity index (χ1) is 10.1. The summed E-state index contributed by atoms with van der Waals surface area (Å²) in [6.45, 7) is 0.365. The van der Waals surface area contributed by atoms with Crippen molar-refractivity contribution in [1.82, 2.24) is 0 Å². The van der Waals surface area contributed by atoms with Gasteiger partial charge in [0.15, 0.2) is 0 Å². The van der Waals surface area contributed by atoms with Crippen molar-refractivity contribution in [1.29, 1.82) is 0 Å². The Hall–Kier alpha value is -1.53. The van der Waals surface area contributed by atoms with Gasteiger partial charge in [-0.05, 0) is 42.5 Å². The maximum Gasteiger partial charge on any atom is 0.339 e. The summed E-state index contributed by atoms with van der Waals surface area (Å²) in [6.07, 6.45) is 0. The zero-order valence-corrected chi connectivity index (χ0v) is 13.3. The van der Waals surface area contributed by atoms with Crippen LogP contribution in [0.4, 0.5) is 4.39 Å². The highest BCUT2D eigenvalue weighted by Crippen LogP contribution is 2.24. The van der Waals surface area contributed by atoms with Crippen LogP contribution in [0.1, 0.15) is 10.4 Å². The van der Waals surface area contributed by atoms with Crippen LogP contribution in [-0.4, -0.2) is 23.4 Å². The van der Waals surface area contributed by atoms with E-state index in [1.807, 2.05) is 0 Å². The number of benzene rings is 2. The molecule has 0 heterocycles. The molecule has 0 radical (unpaired) electrons. The molecule has 0 spiro atoms. The van der Waals surface area contributed by atoms with Crippen LogP contribution < -0.4 is 4.74 Å². The van der Waals surface area contributed by atoms with Gasteiger partial charge in [0.1, 0.15) is 17.1 Å². The van der Waals surface area contributed by atoms with E-state index in [9.17, 15) is 9.18 Å². The van der Waals surface area contributed by atoms with Gasteiger partial charge in [0.2, 0.25) is 0 Å². The Bertz CT molecular complexity index is 631. The van der Waals surface area contributed by atoms with Crippen LogP contribution in [0.15, 0.2) is 51.8 Å². The number of aromatic carboxylic acids is 1. The zero-order chi connectivity index (χ0) is 15.2. The number of rotatable bonds is 6. The molecule has 0 aliphatic carbocycles. The number of ether oxygens (including phenoxy) is 1. The molecule has 110 valence electrons. The van der Waals surface area contributed by atoms with Gasteiger partial charge in [-0.15, -0.1) is 11.8 Å². The van der Waals surface area contributed by atoms with Crippen LogP contribution in [0.2, 0.25) is 0 Å². The monoisotopic (exact) mass is 370 g/mol. The van der Waals surface area contributed by atoms with Gasteiger partial charge >= 0.3 is 5.97 Å². The molecule has 3 nitrogen and oxygen atoms in total. The summed E-state index contributed by atoms with van der Waals surface area (Å²) >= 11 is 4.75. The summed E-state index contributed by atoms with van der Waals surface area (Å²) in [4.78, 5) is 12.1. The van der Waals surface area contributed by atoms with Crippen molar-refractivity contribution in [3.8, 4) is 5.75 Å². The Labute approximate surface area is 134 Å². The fourth-order valence-electron chi connectivity index (χ4n) is 1.64. The van der Waals surface area contributed by atoms with Gasteiger partial charge in [-0.25, -0.2) is 9.18 Å². The van der Waals surface area contributed by atoms with Crippen molar-refractivity contribution < 1.29 is 19.0 Å². The molecule has 2 aromatic carbocycles. The van der Waals surface area contributed by atoms with Crippen molar-refractivity contribution in [2.24, 2.45) is 0 Å². The second-order valence-electron chi connectivity index (χ2n) is 4.10. The summed E-state index contributed by atoms with van der Waals surface area (Å²) < 4.78 is 18.9. The molecule has 0 aliphatic heterocycles. The van der Waals surface area contributed by atoms with E-state index in [1.165, 1.54) is 30.0 Å². The van der Waals surface area contributed by atoms with Crippen LogP contribution in [0.3, 0.4) is 0 Å². The first kappa shape index (κ1) is 15.9. The second kappa shape index (κ2) is 7.47. The molecule has 2 rings (SSSR count). The number of thioether (sulfide) groups is 1. The van der Waals surface area contributed by atoms with E-state index < -0.39 is 5.97 Å². The fourth-order valence-corrected chi connectivity index (χ4v) is 2.73. The van der Waals surface area contributed by atoms with E-state index in [0.29, 0.717) is 22.6 Å². The number of halogens is 2. The van der Waals surface area contributed by atoms with Crippen LogP contribution in [0, 0.1) is 5.82 Å². The number of carbonyl (C=O) groups is 1. The molecule has 21 heavy (non-hydrogen) atoms. The first-order valence-electron chi connectivity index (χ1n) is 6.10. The third-order valence-corrected chi connectivity index (χ3v) is 4.06. The van der Waals surface area contributed by atoms with E-state index in [0.717, 1.165) is 4.90 Å². The molecule has 0 atom stereocenters. The van der Waals surface area contributed by atoms with Crippen molar-refractivity contribution in [3.63, 3.8) is 0 Å². The maximum absolute atomic E-state index is 12.8. The molecule has 0 bridgehead atoms. The lowest BCUT2D eigenvalue weighted by Crippen LogP contribution is -2.06. The van der Waals surface area contributed by atoms with E-state index in [2.05, 4.69) is 15.9 Å². The Balaban J connectivity index is 1.89. The summed E-state index contributed by atoms with van der Waals surface area (Å²) in [5.41, 5.74) is 0.121. The molecule has 0 unspecified atom stereocenters. The van der Waals surface area contributed by atoms with Crippen LogP contribution >= 0.6 is 27.7 Å². The summed E-state index contributed by atoms with van der Waals surface area (Å²) in [6, 6.07) is 11.1. The zero-order valence-electron chi connectivity index (χ0n) is 10.9. The van der Waals surface area contributed by atoms with Crippen molar-refractivity contribution in [3.05, 3.63) is 58.3 Å².